The summed E-state index contributed by atoms with van der Waals surface area (Å²) in [5, 5.41) is 9.11. The van der Waals surface area contributed by atoms with Gasteiger partial charge in [-0.1, -0.05) is 6.92 Å². The molecule has 0 radical (unpaired) electrons. The molecule has 0 fully saturated rings. The van der Waals surface area contributed by atoms with E-state index in [1.807, 2.05) is 6.92 Å². The number of ether oxygens (including phenoxy) is 1. The van der Waals surface area contributed by atoms with Crippen LogP contribution in [0.1, 0.15) is 40.1 Å². The van der Waals surface area contributed by atoms with Crippen molar-refractivity contribution in [2.24, 2.45) is 7.05 Å². The van der Waals surface area contributed by atoms with Gasteiger partial charge in [-0.25, -0.2) is 8.78 Å². The van der Waals surface area contributed by atoms with Gasteiger partial charge < -0.3 is 19.8 Å². The number of nitrogens with zero attached hydrogens (tertiary/aromatic N) is 2. The number of carbonyl (C=O) groups excluding carboxylic acids is 2. The first-order valence-electron chi connectivity index (χ1n) is 9.39. The van der Waals surface area contributed by atoms with E-state index >= 15 is 0 Å². The van der Waals surface area contributed by atoms with E-state index in [1.165, 1.54) is 30.1 Å². The maximum Gasteiger partial charge on any atom is 0.291 e. The summed E-state index contributed by atoms with van der Waals surface area (Å²) < 4.78 is 65.2. The van der Waals surface area contributed by atoms with Crippen molar-refractivity contribution in [1.82, 2.24) is 15.1 Å². The molecule has 0 aliphatic rings. The van der Waals surface area contributed by atoms with E-state index in [4.69, 9.17) is 9.15 Å². The molecule has 0 saturated carbocycles. The summed E-state index contributed by atoms with van der Waals surface area (Å²) >= 11 is 0. The van der Waals surface area contributed by atoms with E-state index in [0.29, 0.717) is 6.54 Å². The number of aromatic nitrogens is 2. The third kappa shape index (κ3) is 4.74. The standard InChI is InChI=1S/C20H18F4N4O4/c1-3-6-25-20(30)17-13(8-26-28(17)2)27-19(29)14-5-4-10(32-14)9-31-18-15(23)11(21)7-12(22)16(18)24/h4-5,7-8H,3,6,9H2,1-2H3,(H,25,30)(H,27,29). The number of amides is 2. The second-order valence-electron chi connectivity index (χ2n) is 6.59. The minimum absolute atomic E-state index is 0.0503. The van der Waals surface area contributed by atoms with E-state index in [-0.39, 0.29) is 29.0 Å². The minimum atomic E-state index is -1.70. The van der Waals surface area contributed by atoms with Gasteiger partial charge in [-0.2, -0.15) is 13.9 Å². The molecule has 0 saturated heterocycles. The molecule has 2 aromatic heterocycles. The lowest BCUT2D eigenvalue weighted by atomic mass is 10.3. The maximum absolute atomic E-state index is 13.7. The Kier molecular flexibility index (Phi) is 6.81. The Bertz CT molecular complexity index is 1130. The summed E-state index contributed by atoms with van der Waals surface area (Å²) in [6.07, 6.45) is 2.01. The van der Waals surface area contributed by atoms with Crippen LogP contribution in [0.25, 0.3) is 0 Å². The Hall–Kier alpha value is -3.83. The van der Waals surface area contributed by atoms with Crippen LogP contribution in [0.15, 0.2) is 28.8 Å². The molecule has 3 aromatic rings. The van der Waals surface area contributed by atoms with Crippen molar-refractivity contribution in [3.63, 3.8) is 0 Å². The number of hydrogen-bond donors (Lipinski definition) is 2. The van der Waals surface area contributed by atoms with E-state index in [1.54, 1.807) is 0 Å². The first-order chi connectivity index (χ1) is 15.2. The first kappa shape index (κ1) is 22.8. The van der Waals surface area contributed by atoms with Crippen LogP contribution in [0.5, 0.6) is 5.75 Å². The van der Waals surface area contributed by atoms with E-state index in [9.17, 15) is 27.2 Å². The molecule has 1 aromatic carbocycles. The molecule has 12 heteroatoms. The third-order valence-electron chi connectivity index (χ3n) is 4.25. The molecule has 2 heterocycles. The minimum Gasteiger partial charge on any atom is -0.479 e. The quantitative estimate of drug-likeness (QED) is 0.401. The highest BCUT2D eigenvalue weighted by Gasteiger charge is 2.22. The zero-order valence-electron chi connectivity index (χ0n) is 17.0. The molecule has 170 valence electrons. The van der Waals surface area contributed by atoms with Crippen LogP contribution < -0.4 is 15.4 Å². The van der Waals surface area contributed by atoms with Gasteiger partial charge in [-0.05, 0) is 18.6 Å². The lowest BCUT2D eigenvalue weighted by Crippen LogP contribution is -2.27. The Labute approximate surface area is 179 Å². The van der Waals surface area contributed by atoms with Crippen LogP contribution >= 0.6 is 0 Å². The molecule has 0 atom stereocenters. The van der Waals surface area contributed by atoms with Gasteiger partial charge in [-0.3, -0.25) is 14.3 Å². The second-order valence-corrected chi connectivity index (χ2v) is 6.59. The van der Waals surface area contributed by atoms with Gasteiger partial charge >= 0.3 is 0 Å². The van der Waals surface area contributed by atoms with Crippen molar-refractivity contribution in [3.05, 3.63) is 64.9 Å². The average Bonchev–Trinajstić information content (AvgIpc) is 3.37. The monoisotopic (exact) mass is 454 g/mol. The molecular formula is C20H18F4N4O4. The van der Waals surface area contributed by atoms with Crippen molar-refractivity contribution in [3.8, 4) is 5.75 Å². The molecular weight excluding hydrogens is 436 g/mol. The SMILES string of the molecule is CCCNC(=O)c1c(NC(=O)c2ccc(COc3c(F)c(F)cc(F)c3F)o2)cnn1C. The van der Waals surface area contributed by atoms with Gasteiger partial charge in [-0.15, -0.1) is 0 Å². The number of carbonyl (C=O) groups is 2. The van der Waals surface area contributed by atoms with Crippen LogP contribution in [-0.4, -0.2) is 28.1 Å². The van der Waals surface area contributed by atoms with E-state index in [2.05, 4.69) is 15.7 Å². The highest BCUT2D eigenvalue weighted by Crippen LogP contribution is 2.27. The maximum atomic E-state index is 13.7. The van der Waals surface area contributed by atoms with Gasteiger partial charge in [0.2, 0.25) is 11.6 Å². The molecule has 3 rings (SSSR count). The van der Waals surface area contributed by atoms with Crippen LogP contribution in [-0.2, 0) is 13.7 Å². The summed E-state index contributed by atoms with van der Waals surface area (Å²) in [5.41, 5.74) is 0.265. The smallest absolute Gasteiger partial charge is 0.291 e. The van der Waals surface area contributed by atoms with Crippen molar-refractivity contribution < 1.29 is 36.3 Å². The van der Waals surface area contributed by atoms with Crippen molar-refractivity contribution in [1.29, 1.82) is 0 Å². The van der Waals surface area contributed by atoms with Gasteiger partial charge in [0.15, 0.2) is 23.1 Å². The first-order valence-corrected chi connectivity index (χ1v) is 9.39. The highest BCUT2D eigenvalue weighted by molar-refractivity contribution is 6.07. The average molecular weight is 454 g/mol. The predicted molar refractivity (Wildman–Crippen MR) is 103 cm³/mol. The number of anilines is 1. The van der Waals surface area contributed by atoms with Crippen LogP contribution in [0, 0.1) is 23.3 Å². The lowest BCUT2D eigenvalue weighted by Gasteiger charge is -2.08. The summed E-state index contributed by atoms with van der Waals surface area (Å²) in [6, 6.07) is 2.58. The molecule has 2 amide bonds. The topological polar surface area (TPSA) is 98.4 Å². The number of furan rings is 1. The number of nitrogens with one attached hydrogen (secondary N) is 2. The number of halogens is 4. The summed E-state index contributed by atoms with van der Waals surface area (Å²) in [7, 11) is 1.53. The highest BCUT2D eigenvalue weighted by atomic mass is 19.2. The van der Waals surface area contributed by atoms with Crippen LogP contribution in [0.4, 0.5) is 23.2 Å². The molecule has 8 nitrogen and oxygen atoms in total. The number of rotatable bonds is 8. The Morgan fingerprint density at radius 1 is 1.12 bits per heavy atom. The molecule has 0 bridgehead atoms. The molecule has 0 unspecified atom stereocenters. The van der Waals surface area contributed by atoms with Crippen molar-refractivity contribution in [2.75, 3.05) is 11.9 Å². The third-order valence-corrected chi connectivity index (χ3v) is 4.25. The Morgan fingerprint density at radius 2 is 1.81 bits per heavy atom. The van der Waals surface area contributed by atoms with Crippen LogP contribution in [0.3, 0.4) is 0 Å². The van der Waals surface area contributed by atoms with Gasteiger partial charge in [0.1, 0.15) is 18.1 Å². The van der Waals surface area contributed by atoms with Crippen molar-refractivity contribution in [2.45, 2.75) is 20.0 Å². The summed E-state index contributed by atoms with van der Waals surface area (Å²) in [5.74, 6) is -9.29. The molecule has 2 N–H and O–H groups in total. The number of benzene rings is 1. The molecule has 0 aliphatic heterocycles. The fourth-order valence-electron chi connectivity index (χ4n) is 2.70. The number of aryl methyl sites for hydroxylation is 1. The lowest BCUT2D eigenvalue weighted by molar-refractivity contribution is 0.0945. The van der Waals surface area contributed by atoms with Gasteiger partial charge in [0.05, 0.1) is 11.9 Å². The fourth-order valence-corrected chi connectivity index (χ4v) is 2.70. The fraction of sp³-hybridized carbons (Fsp3) is 0.250. The summed E-state index contributed by atoms with van der Waals surface area (Å²) in [4.78, 5) is 24.7. The number of hydrogen-bond acceptors (Lipinski definition) is 5. The zero-order valence-corrected chi connectivity index (χ0v) is 17.0. The largest absolute Gasteiger partial charge is 0.479 e. The zero-order chi connectivity index (χ0) is 23.4. The molecule has 0 spiro atoms. The Morgan fingerprint density at radius 3 is 2.47 bits per heavy atom. The molecule has 32 heavy (non-hydrogen) atoms. The van der Waals surface area contributed by atoms with Crippen molar-refractivity contribution >= 4 is 17.5 Å². The second kappa shape index (κ2) is 9.54. The summed E-state index contributed by atoms with van der Waals surface area (Å²) in [6.45, 7) is 1.72. The van der Waals surface area contributed by atoms with Gasteiger partial charge in [0, 0.05) is 19.7 Å². The normalized spacial score (nSPS) is 10.8. The molecule has 0 aliphatic carbocycles. The van der Waals surface area contributed by atoms with Gasteiger partial charge in [0.25, 0.3) is 11.8 Å². The Balaban J connectivity index is 1.70. The van der Waals surface area contributed by atoms with E-state index < -0.39 is 47.4 Å². The van der Waals surface area contributed by atoms with Crippen LogP contribution in [0.2, 0.25) is 0 Å². The predicted octanol–water partition coefficient (Wildman–Crippen LogP) is 3.54. The van der Waals surface area contributed by atoms with E-state index in [0.717, 1.165) is 6.42 Å².